The number of carbonyl (C=O) groups excluding carboxylic acids is 1. The number of hydrogen-bond acceptors (Lipinski definition) is 3. The van der Waals surface area contributed by atoms with Crippen molar-refractivity contribution in [3.63, 3.8) is 0 Å². The molecule has 0 fully saturated rings. The molecule has 0 saturated heterocycles. The van der Waals surface area contributed by atoms with Crippen molar-refractivity contribution in [2.75, 3.05) is 7.11 Å². The van der Waals surface area contributed by atoms with E-state index in [4.69, 9.17) is 9.15 Å². The maximum atomic E-state index is 12.3. The van der Waals surface area contributed by atoms with Crippen molar-refractivity contribution in [1.82, 2.24) is 5.32 Å². The Morgan fingerprint density at radius 3 is 2.90 bits per heavy atom. The molecule has 1 atom stereocenters. The molecule has 1 N–H and O–H groups in total. The third-order valence-corrected chi connectivity index (χ3v) is 3.88. The lowest BCUT2D eigenvalue weighted by molar-refractivity contribution is 0.0932. The van der Waals surface area contributed by atoms with E-state index in [2.05, 4.69) is 5.32 Å². The van der Waals surface area contributed by atoms with E-state index in [1.165, 1.54) is 0 Å². The van der Waals surface area contributed by atoms with Gasteiger partial charge in [0.25, 0.3) is 5.91 Å². The minimum atomic E-state index is -0.0435. The van der Waals surface area contributed by atoms with Gasteiger partial charge >= 0.3 is 0 Å². The Balaban J connectivity index is 1.70. The predicted molar refractivity (Wildman–Crippen MR) is 79.0 cm³/mol. The highest BCUT2D eigenvalue weighted by molar-refractivity contribution is 5.94. The number of furan rings is 1. The van der Waals surface area contributed by atoms with Gasteiger partial charge in [-0.3, -0.25) is 4.79 Å². The molecular formula is C17H19NO3. The fourth-order valence-electron chi connectivity index (χ4n) is 2.80. The van der Waals surface area contributed by atoms with Crippen LogP contribution in [-0.2, 0) is 17.8 Å². The standard InChI is InChI=1S/C17H19NO3/c1-20-11-12-5-7-13(8-6-12)17(19)18-15-3-2-4-16-14(15)9-10-21-16/h5-10,15H,2-4,11H2,1H3,(H,18,19)/t15-/m1/s1. The van der Waals surface area contributed by atoms with Gasteiger partial charge in [-0.05, 0) is 36.6 Å². The summed E-state index contributed by atoms with van der Waals surface area (Å²) in [4.78, 5) is 12.3. The number of aryl methyl sites for hydroxylation is 1. The Bertz CT molecular complexity index is 615. The number of hydrogen-bond donors (Lipinski definition) is 1. The lowest BCUT2D eigenvalue weighted by atomic mass is 9.93. The molecule has 0 spiro atoms. The highest BCUT2D eigenvalue weighted by atomic mass is 16.5. The number of methoxy groups -OCH3 is 1. The molecule has 0 unspecified atom stereocenters. The summed E-state index contributed by atoms with van der Waals surface area (Å²) in [5.74, 6) is 0.958. The van der Waals surface area contributed by atoms with E-state index in [0.29, 0.717) is 12.2 Å². The van der Waals surface area contributed by atoms with Crippen LogP contribution in [0.3, 0.4) is 0 Å². The summed E-state index contributed by atoms with van der Waals surface area (Å²) in [6, 6.07) is 9.52. The van der Waals surface area contributed by atoms with Gasteiger partial charge in [0.1, 0.15) is 5.76 Å². The Labute approximate surface area is 124 Å². The lowest BCUT2D eigenvalue weighted by Gasteiger charge is -2.22. The lowest BCUT2D eigenvalue weighted by Crippen LogP contribution is -2.30. The third-order valence-electron chi connectivity index (χ3n) is 3.88. The minimum absolute atomic E-state index is 0.0435. The number of nitrogens with one attached hydrogen (secondary N) is 1. The molecule has 4 heteroatoms. The Morgan fingerprint density at radius 2 is 2.14 bits per heavy atom. The SMILES string of the molecule is COCc1ccc(C(=O)N[C@@H]2CCCc3occc32)cc1. The van der Waals surface area contributed by atoms with E-state index in [1.54, 1.807) is 13.4 Å². The van der Waals surface area contributed by atoms with Crippen molar-refractivity contribution in [2.24, 2.45) is 0 Å². The smallest absolute Gasteiger partial charge is 0.251 e. The first-order valence-corrected chi connectivity index (χ1v) is 7.23. The van der Waals surface area contributed by atoms with Crippen LogP contribution in [0.2, 0.25) is 0 Å². The van der Waals surface area contributed by atoms with E-state index in [9.17, 15) is 4.79 Å². The first-order valence-electron chi connectivity index (χ1n) is 7.23. The first-order chi connectivity index (χ1) is 10.3. The summed E-state index contributed by atoms with van der Waals surface area (Å²) < 4.78 is 10.5. The molecule has 1 amide bonds. The molecule has 3 rings (SSSR count). The molecule has 4 nitrogen and oxygen atoms in total. The summed E-state index contributed by atoms with van der Waals surface area (Å²) in [6.45, 7) is 0.558. The van der Waals surface area contributed by atoms with Crippen molar-refractivity contribution in [1.29, 1.82) is 0 Å². The van der Waals surface area contributed by atoms with Crippen molar-refractivity contribution < 1.29 is 13.9 Å². The van der Waals surface area contributed by atoms with Gasteiger partial charge in [0.15, 0.2) is 0 Å². The van der Waals surface area contributed by atoms with Gasteiger partial charge in [-0.25, -0.2) is 0 Å². The molecule has 1 aliphatic rings. The van der Waals surface area contributed by atoms with Crippen LogP contribution < -0.4 is 5.32 Å². The molecule has 2 aromatic rings. The van der Waals surface area contributed by atoms with Crippen LogP contribution in [-0.4, -0.2) is 13.0 Å². The van der Waals surface area contributed by atoms with Crippen molar-refractivity contribution in [2.45, 2.75) is 31.9 Å². The molecule has 1 heterocycles. The molecule has 21 heavy (non-hydrogen) atoms. The molecule has 0 bridgehead atoms. The van der Waals surface area contributed by atoms with Crippen LogP contribution in [0.5, 0.6) is 0 Å². The number of ether oxygens (including phenoxy) is 1. The summed E-state index contributed by atoms with van der Waals surface area (Å²) in [6.07, 6.45) is 4.66. The van der Waals surface area contributed by atoms with Crippen LogP contribution in [0.1, 0.15) is 46.1 Å². The van der Waals surface area contributed by atoms with Crippen LogP contribution in [0.15, 0.2) is 41.0 Å². The molecule has 110 valence electrons. The molecule has 1 aromatic carbocycles. The fraction of sp³-hybridized carbons (Fsp3) is 0.353. The summed E-state index contributed by atoms with van der Waals surface area (Å²) in [5, 5.41) is 3.10. The van der Waals surface area contributed by atoms with Crippen LogP contribution >= 0.6 is 0 Å². The fourth-order valence-corrected chi connectivity index (χ4v) is 2.80. The van der Waals surface area contributed by atoms with Gasteiger partial charge in [-0.2, -0.15) is 0 Å². The normalized spacial score (nSPS) is 17.3. The van der Waals surface area contributed by atoms with Gasteiger partial charge in [0.05, 0.1) is 18.9 Å². The number of benzene rings is 1. The number of rotatable bonds is 4. The van der Waals surface area contributed by atoms with E-state index >= 15 is 0 Å². The van der Waals surface area contributed by atoms with Crippen molar-refractivity contribution >= 4 is 5.91 Å². The molecule has 0 aliphatic heterocycles. The second-order valence-corrected chi connectivity index (χ2v) is 5.35. The van der Waals surface area contributed by atoms with Gasteiger partial charge < -0.3 is 14.5 Å². The van der Waals surface area contributed by atoms with E-state index in [-0.39, 0.29) is 11.9 Å². The first kappa shape index (κ1) is 13.9. The highest BCUT2D eigenvalue weighted by Gasteiger charge is 2.24. The second-order valence-electron chi connectivity index (χ2n) is 5.35. The van der Waals surface area contributed by atoms with Gasteiger partial charge in [-0.15, -0.1) is 0 Å². The second kappa shape index (κ2) is 6.14. The average molecular weight is 285 g/mol. The van der Waals surface area contributed by atoms with E-state index < -0.39 is 0 Å². The van der Waals surface area contributed by atoms with Crippen LogP contribution in [0, 0.1) is 0 Å². The topological polar surface area (TPSA) is 51.5 Å². The van der Waals surface area contributed by atoms with Crippen molar-refractivity contribution in [3.8, 4) is 0 Å². The quantitative estimate of drug-likeness (QED) is 0.938. The highest BCUT2D eigenvalue weighted by Crippen LogP contribution is 2.30. The van der Waals surface area contributed by atoms with Crippen molar-refractivity contribution in [3.05, 3.63) is 59.0 Å². The maximum absolute atomic E-state index is 12.3. The van der Waals surface area contributed by atoms with Crippen LogP contribution in [0.25, 0.3) is 0 Å². The largest absolute Gasteiger partial charge is 0.469 e. The zero-order chi connectivity index (χ0) is 14.7. The monoisotopic (exact) mass is 285 g/mol. The number of amides is 1. The number of fused-ring (bicyclic) bond motifs is 1. The van der Waals surface area contributed by atoms with Gasteiger partial charge in [0.2, 0.25) is 0 Å². The van der Waals surface area contributed by atoms with E-state index in [1.807, 2.05) is 30.3 Å². The van der Waals surface area contributed by atoms with Gasteiger partial charge in [0, 0.05) is 24.7 Å². The molecule has 1 aromatic heterocycles. The summed E-state index contributed by atoms with van der Waals surface area (Å²) >= 11 is 0. The Kier molecular flexibility index (Phi) is 4.06. The zero-order valence-corrected chi connectivity index (χ0v) is 12.1. The predicted octanol–water partition coefficient (Wildman–Crippen LogP) is 3.23. The maximum Gasteiger partial charge on any atom is 0.251 e. The van der Waals surface area contributed by atoms with Gasteiger partial charge in [-0.1, -0.05) is 12.1 Å². The van der Waals surface area contributed by atoms with E-state index in [0.717, 1.165) is 36.1 Å². The summed E-state index contributed by atoms with van der Waals surface area (Å²) in [7, 11) is 1.66. The number of carbonyl (C=O) groups is 1. The minimum Gasteiger partial charge on any atom is -0.469 e. The average Bonchev–Trinajstić information content (AvgIpc) is 2.98. The molecular weight excluding hydrogens is 266 g/mol. The molecule has 0 saturated carbocycles. The third kappa shape index (κ3) is 3.00. The summed E-state index contributed by atoms with van der Waals surface area (Å²) in [5.41, 5.74) is 2.85. The molecule has 1 aliphatic carbocycles. The Morgan fingerprint density at radius 1 is 1.33 bits per heavy atom. The molecule has 0 radical (unpaired) electrons. The zero-order valence-electron chi connectivity index (χ0n) is 12.1. The Hall–Kier alpha value is -2.07. The van der Waals surface area contributed by atoms with Crippen LogP contribution in [0.4, 0.5) is 0 Å².